The van der Waals surface area contributed by atoms with Gasteiger partial charge in [-0.1, -0.05) is 0 Å². The molecule has 0 bridgehead atoms. The summed E-state index contributed by atoms with van der Waals surface area (Å²) in [6, 6.07) is 8.60. The normalized spacial score (nSPS) is 15.2. The zero-order valence-corrected chi connectivity index (χ0v) is 11.0. The van der Waals surface area contributed by atoms with Gasteiger partial charge in [-0.2, -0.15) is 4.40 Å². The van der Waals surface area contributed by atoms with Gasteiger partial charge in [-0.15, -0.1) is 0 Å². The van der Waals surface area contributed by atoms with Gasteiger partial charge in [-0.05, 0) is 25.0 Å². The summed E-state index contributed by atoms with van der Waals surface area (Å²) in [5.74, 6) is 0. The SMILES string of the molecule is Cc1cc[n+]2ccc(C)cc2c1.F[P-](F)(F)(F)(F)F. The molecule has 0 aliphatic carbocycles. The fourth-order valence-electron chi connectivity index (χ4n) is 1.37. The average Bonchev–Trinajstić information content (AvgIpc) is 2.11. The first-order chi connectivity index (χ1) is 8.20. The quantitative estimate of drug-likeness (QED) is 0.347. The number of rotatable bonds is 0. The molecule has 2 heterocycles. The van der Waals surface area contributed by atoms with Gasteiger partial charge in [0, 0.05) is 24.3 Å². The average molecular weight is 303 g/mol. The predicted molar refractivity (Wildman–Crippen MR) is 62.6 cm³/mol. The van der Waals surface area contributed by atoms with Crippen molar-refractivity contribution in [1.82, 2.24) is 0 Å². The Balaban J connectivity index is 0.000000224. The molecular weight excluding hydrogens is 291 g/mol. The third kappa shape index (κ3) is 8.37. The topological polar surface area (TPSA) is 4.10 Å². The zero-order chi connectivity index (χ0) is 15.0. The summed E-state index contributed by atoms with van der Waals surface area (Å²) in [6.45, 7) is 4.23. The van der Waals surface area contributed by atoms with Gasteiger partial charge in [0.1, 0.15) is 0 Å². The first kappa shape index (κ1) is 15.7. The fraction of sp³-hybridized carbons (Fsp3) is 0.182. The van der Waals surface area contributed by atoms with Crippen LogP contribution in [0.25, 0.3) is 5.52 Å². The molecule has 0 amide bonds. The summed E-state index contributed by atoms with van der Waals surface area (Å²) in [4.78, 5) is 0. The number of aromatic nitrogens is 1. The number of nitrogens with zero attached hydrogens (tertiary/aromatic N) is 1. The second-order valence-corrected chi connectivity index (χ2v) is 6.12. The Labute approximate surface area is 105 Å². The molecule has 108 valence electrons. The summed E-state index contributed by atoms with van der Waals surface area (Å²) >= 11 is 0. The molecule has 19 heavy (non-hydrogen) atoms. The fourth-order valence-corrected chi connectivity index (χ4v) is 1.37. The molecule has 0 aliphatic rings. The van der Waals surface area contributed by atoms with E-state index in [-0.39, 0.29) is 0 Å². The van der Waals surface area contributed by atoms with E-state index in [2.05, 4.69) is 54.9 Å². The Morgan fingerprint density at radius 3 is 1.42 bits per heavy atom. The van der Waals surface area contributed by atoms with Gasteiger partial charge < -0.3 is 0 Å². The van der Waals surface area contributed by atoms with Crippen LogP contribution in [0.15, 0.2) is 36.7 Å². The third-order valence-electron chi connectivity index (χ3n) is 2.05. The third-order valence-corrected chi connectivity index (χ3v) is 2.05. The van der Waals surface area contributed by atoms with E-state index >= 15 is 0 Å². The summed E-state index contributed by atoms with van der Waals surface area (Å²) < 4.78 is 61.3. The summed E-state index contributed by atoms with van der Waals surface area (Å²) in [7, 11) is -10.7. The second-order valence-electron chi connectivity index (χ2n) is 4.20. The van der Waals surface area contributed by atoms with E-state index in [0.717, 1.165) is 0 Å². The molecule has 1 nitrogen and oxygen atoms in total. The van der Waals surface area contributed by atoms with Crippen LogP contribution < -0.4 is 4.40 Å². The van der Waals surface area contributed by atoms with Crippen molar-refractivity contribution in [3.8, 4) is 0 Å². The summed E-state index contributed by atoms with van der Waals surface area (Å²) in [6.07, 6.45) is 4.17. The molecule has 0 spiro atoms. The van der Waals surface area contributed by atoms with Crippen LogP contribution in [0.5, 0.6) is 0 Å². The molecule has 0 N–H and O–H groups in total. The van der Waals surface area contributed by atoms with Crippen LogP contribution in [-0.4, -0.2) is 0 Å². The van der Waals surface area contributed by atoms with E-state index in [9.17, 15) is 25.2 Å². The first-order valence-corrected chi connectivity index (χ1v) is 7.18. The van der Waals surface area contributed by atoms with Gasteiger partial charge in [0.25, 0.3) is 0 Å². The van der Waals surface area contributed by atoms with Crippen LogP contribution in [-0.2, 0) is 0 Å². The number of aryl methyl sites for hydroxylation is 2. The van der Waals surface area contributed by atoms with Crippen molar-refractivity contribution < 1.29 is 29.6 Å². The van der Waals surface area contributed by atoms with Gasteiger partial charge in [0.2, 0.25) is 5.52 Å². The minimum atomic E-state index is -10.7. The zero-order valence-electron chi connectivity index (χ0n) is 10.1. The summed E-state index contributed by atoms with van der Waals surface area (Å²) in [5, 5.41) is 0. The van der Waals surface area contributed by atoms with E-state index in [1.807, 2.05) is 0 Å². The Morgan fingerprint density at radius 1 is 0.789 bits per heavy atom. The van der Waals surface area contributed by atoms with Gasteiger partial charge in [-0.25, -0.2) is 0 Å². The van der Waals surface area contributed by atoms with E-state index in [0.29, 0.717) is 0 Å². The molecule has 0 saturated heterocycles. The van der Waals surface area contributed by atoms with Crippen molar-refractivity contribution in [2.45, 2.75) is 13.8 Å². The molecule has 0 radical (unpaired) electrons. The van der Waals surface area contributed by atoms with Crippen molar-refractivity contribution in [2.24, 2.45) is 0 Å². The van der Waals surface area contributed by atoms with Crippen molar-refractivity contribution in [3.05, 3.63) is 47.8 Å². The number of hydrogen-bond donors (Lipinski definition) is 0. The molecule has 8 heteroatoms. The number of halogens is 6. The number of pyridine rings is 2. The van der Waals surface area contributed by atoms with Crippen molar-refractivity contribution in [3.63, 3.8) is 0 Å². The maximum atomic E-state index is 9.87. The van der Waals surface area contributed by atoms with Crippen LogP contribution in [0, 0.1) is 13.8 Å². The van der Waals surface area contributed by atoms with Crippen LogP contribution in [0.3, 0.4) is 0 Å². The maximum absolute atomic E-state index is 10.7. The van der Waals surface area contributed by atoms with Crippen molar-refractivity contribution in [1.29, 1.82) is 0 Å². The van der Waals surface area contributed by atoms with Gasteiger partial charge in [-0.3, -0.25) is 0 Å². The van der Waals surface area contributed by atoms with Gasteiger partial charge in [0.05, 0.1) is 0 Å². The number of fused-ring (bicyclic) bond motifs is 1. The van der Waals surface area contributed by atoms with Crippen molar-refractivity contribution in [2.75, 3.05) is 0 Å². The van der Waals surface area contributed by atoms with Crippen LogP contribution in [0.4, 0.5) is 25.2 Å². The minimum absolute atomic E-state index is 1.26. The molecule has 0 saturated carbocycles. The molecule has 0 fully saturated rings. The molecule has 0 unspecified atom stereocenters. The van der Waals surface area contributed by atoms with Crippen LogP contribution >= 0.6 is 7.81 Å². The molecule has 2 aromatic rings. The van der Waals surface area contributed by atoms with E-state index in [1.54, 1.807) is 0 Å². The standard InChI is InChI=1S/C11H12N.F6P/c1-9-3-5-12-6-4-10(2)8-11(12)7-9;1-7(2,3,4,5)6/h3-8H,1-2H3;/q+1;-1. The summed E-state index contributed by atoms with van der Waals surface area (Å²) in [5.41, 5.74) is 3.87. The van der Waals surface area contributed by atoms with Gasteiger partial charge in [0.15, 0.2) is 12.4 Å². The first-order valence-electron chi connectivity index (χ1n) is 5.15. The number of hydrogen-bond acceptors (Lipinski definition) is 0. The molecule has 0 atom stereocenters. The Morgan fingerprint density at radius 2 is 1.11 bits per heavy atom. The second kappa shape index (κ2) is 4.07. The van der Waals surface area contributed by atoms with Crippen LogP contribution in [0.2, 0.25) is 0 Å². The van der Waals surface area contributed by atoms with E-state index in [4.69, 9.17) is 0 Å². The van der Waals surface area contributed by atoms with Crippen molar-refractivity contribution >= 4 is 13.3 Å². The molecule has 0 aliphatic heterocycles. The molecular formula is C11H12F6NP. The van der Waals surface area contributed by atoms with E-state index < -0.39 is 7.81 Å². The van der Waals surface area contributed by atoms with Gasteiger partial charge >= 0.3 is 33.0 Å². The Hall–Kier alpha value is -1.36. The molecule has 2 rings (SSSR count). The van der Waals surface area contributed by atoms with Crippen LogP contribution in [0.1, 0.15) is 11.1 Å². The molecule has 2 aromatic heterocycles. The van der Waals surface area contributed by atoms with E-state index in [1.165, 1.54) is 16.6 Å². The Bertz CT molecular complexity index is 557. The predicted octanol–water partition coefficient (Wildman–Crippen LogP) is 5.42. The monoisotopic (exact) mass is 303 g/mol. The Kier molecular flexibility index (Phi) is 3.36. The molecule has 0 aromatic carbocycles.